The molecule has 3 unspecified atom stereocenters. The fourth-order valence-corrected chi connectivity index (χ4v) is 2.42. The first kappa shape index (κ1) is 13.9. The lowest BCUT2D eigenvalue weighted by Crippen LogP contribution is -2.57. The van der Waals surface area contributed by atoms with Gasteiger partial charge in [-0.25, -0.2) is 0 Å². The van der Waals surface area contributed by atoms with Crippen LogP contribution < -0.4 is 5.73 Å². The Kier molecular flexibility index (Phi) is 5.69. The van der Waals surface area contributed by atoms with Crippen LogP contribution in [0.5, 0.6) is 0 Å². The van der Waals surface area contributed by atoms with E-state index in [1.54, 1.807) is 0 Å². The van der Waals surface area contributed by atoms with Crippen molar-refractivity contribution in [2.45, 2.75) is 45.3 Å². The first-order valence-corrected chi connectivity index (χ1v) is 6.26. The molecule has 4 nitrogen and oxygen atoms in total. The molecular weight excluding hydrogens is 204 g/mol. The zero-order chi connectivity index (χ0) is 12.1. The molecule has 1 saturated heterocycles. The van der Waals surface area contributed by atoms with Gasteiger partial charge in [-0.3, -0.25) is 4.90 Å². The summed E-state index contributed by atoms with van der Waals surface area (Å²) in [4.78, 5) is 2.29. The van der Waals surface area contributed by atoms with Gasteiger partial charge in [0.25, 0.3) is 0 Å². The average Bonchev–Trinajstić information content (AvgIpc) is 2.20. The normalized spacial score (nSPS) is 27.0. The van der Waals surface area contributed by atoms with Gasteiger partial charge in [0.15, 0.2) is 0 Å². The third kappa shape index (κ3) is 3.70. The van der Waals surface area contributed by atoms with Crippen molar-refractivity contribution in [3.05, 3.63) is 0 Å². The summed E-state index contributed by atoms with van der Waals surface area (Å²) >= 11 is 0. The first-order chi connectivity index (χ1) is 7.56. The van der Waals surface area contributed by atoms with Crippen LogP contribution >= 0.6 is 0 Å². The smallest absolute Gasteiger partial charge is 0.0619 e. The Morgan fingerprint density at radius 1 is 1.50 bits per heavy atom. The molecule has 0 radical (unpaired) electrons. The number of ether oxygens (including phenoxy) is 1. The highest BCUT2D eigenvalue weighted by atomic mass is 16.5. The molecule has 0 bridgehead atoms. The molecule has 16 heavy (non-hydrogen) atoms. The number of rotatable bonds is 5. The third-order valence-corrected chi connectivity index (χ3v) is 3.27. The lowest BCUT2D eigenvalue weighted by molar-refractivity contribution is -0.0403. The van der Waals surface area contributed by atoms with Crippen molar-refractivity contribution < 1.29 is 9.84 Å². The average molecular weight is 230 g/mol. The van der Waals surface area contributed by atoms with Gasteiger partial charge in [-0.05, 0) is 19.3 Å². The standard InChI is InChI=1S/C12H26N2O2/c1-9(2)6-11(13)12(7-15)14-4-5-16-8-10(14)3/h9-12,15H,4-8,13H2,1-3H3. The lowest BCUT2D eigenvalue weighted by atomic mass is 9.96. The van der Waals surface area contributed by atoms with Gasteiger partial charge in [0.2, 0.25) is 0 Å². The molecule has 0 amide bonds. The van der Waals surface area contributed by atoms with E-state index in [1.807, 2.05) is 0 Å². The molecule has 0 aromatic carbocycles. The number of hydrogen-bond donors (Lipinski definition) is 2. The zero-order valence-electron chi connectivity index (χ0n) is 10.7. The molecule has 96 valence electrons. The van der Waals surface area contributed by atoms with Crippen LogP contribution in [-0.4, -0.2) is 54.5 Å². The maximum absolute atomic E-state index is 9.52. The SMILES string of the molecule is CC(C)CC(N)C(CO)N1CCOCC1C. The van der Waals surface area contributed by atoms with Crippen molar-refractivity contribution in [2.24, 2.45) is 11.7 Å². The predicted molar refractivity (Wildman–Crippen MR) is 65.3 cm³/mol. The van der Waals surface area contributed by atoms with E-state index >= 15 is 0 Å². The van der Waals surface area contributed by atoms with Gasteiger partial charge in [-0.15, -0.1) is 0 Å². The number of morpholine rings is 1. The molecule has 1 aliphatic rings. The van der Waals surface area contributed by atoms with E-state index in [0.29, 0.717) is 12.0 Å². The Morgan fingerprint density at radius 2 is 2.19 bits per heavy atom. The second-order valence-electron chi connectivity index (χ2n) is 5.21. The number of hydrogen-bond acceptors (Lipinski definition) is 4. The van der Waals surface area contributed by atoms with Crippen LogP contribution in [0.1, 0.15) is 27.2 Å². The molecule has 4 heteroatoms. The van der Waals surface area contributed by atoms with Gasteiger partial charge in [-0.1, -0.05) is 13.8 Å². The van der Waals surface area contributed by atoms with Crippen LogP contribution in [0, 0.1) is 5.92 Å². The highest BCUT2D eigenvalue weighted by molar-refractivity contribution is 4.86. The molecule has 3 N–H and O–H groups in total. The Hall–Kier alpha value is -0.160. The van der Waals surface area contributed by atoms with E-state index in [0.717, 1.165) is 26.2 Å². The number of aliphatic hydroxyl groups is 1. The largest absolute Gasteiger partial charge is 0.395 e. The van der Waals surface area contributed by atoms with Gasteiger partial charge in [-0.2, -0.15) is 0 Å². The lowest BCUT2D eigenvalue weighted by Gasteiger charge is -2.41. The van der Waals surface area contributed by atoms with E-state index in [4.69, 9.17) is 10.5 Å². The van der Waals surface area contributed by atoms with E-state index in [9.17, 15) is 5.11 Å². The molecular formula is C12H26N2O2. The molecule has 0 aromatic rings. The minimum absolute atomic E-state index is 0.0468. The summed E-state index contributed by atoms with van der Waals surface area (Å²) in [5.74, 6) is 0.570. The minimum atomic E-state index is 0.0468. The second kappa shape index (κ2) is 6.55. The van der Waals surface area contributed by atoms with Crippen molar-refractivity contribution in [3.8, 4) is 0 Å². The van der Waals surface area contributed by atoms with Crippen molar-refractivity contribution >= 4 is 0 Å². The summed E-state index contributed by atoms with van der Waals surface area (Å²) in [5, 5.41) is 9.52. The minimum Gasteiger partial charge on any atom is -0.395 e. The molecule has 1 heterocycles. The predicted octanol–water partition coefficient (Wildman–Crippen LogP) is 0.441. The van der Waals surface area contributed by atoms with Crippen LogP contribution in [0.4, 0.5) is 0 Å². The van der Waals surface area contributed by atoms with Gasteiger partial charge < -0.3 is 15.6 Å². The third-order valence-electron chi connectivity index (χ3n) is 3.27. The van der Waals surface area contributed by atoms with Gasteiger partial charge in [0, 0.05) is 24.7 Å². The fourth-order valence-electron chi connectivity index (χ4n) is 2.42. The first-order valence-electron chi connectivity index (χ1n) is 6.26. The summed E-state index contributed by atoms with van der Waals surface area (Å²) in [6, 6.07) is 0.468. The Bertz CT molecular complexity index is 199. The van der Waals surface area contributed by atoms with Crippen LogP contribution in [0.25, 0.3) is 0 Å². The van der Waals surface area contributed by atoms with Crippen LogP contribution in [0.2, 0.25) is 0 Å². The molecule has 1 aliphatic heterocycles. The number of nitrogens with two attached hydrogens (primary N) is 1. The Balaban J connectivity index is 2.57. The van der Waals surface area contributed by atoms with Gasteiger partial charge in [0.05, 0.1) is 19.8 Å². The number of aliphatic hydroxyl groups excluding tert-OH is 1. The van der Waals surface area contributed by atoms with E-state index in [-0.39, 0.29) is 18.7 Å². The van der Waals surface area contributed by atoms with Crippen LogP contribution in [0.15, 0.2) is 0 Å². The summed E-state index contributed by atoms with van der Waals surface area (Å²) in [6.45, 7) is 8.95. The number of nitrogens with zero attached hydrogens (tertiary/aromatic N) is 1. The van der Waals surface area contributed by atoms with Crippen molar-refractivity contribution in [1.29, 1.82) is 0 Å². The van der Waals surface area contributed by atoms with E-state index < -0.39 is 0 Å². The highest BCUT2D eigenvalue weighted by Crippen LogP contribution is 2.16. The van der Waals surface area contributed by atoms with E-state index in [2.05, 4.69) is 25.7 Å². The maximum Gasteiger partial charge on any atom is 0.0619 e. The molecule has 0 saturated carbocycles. The van der Waals surface area contributed by atoms with Crippen molar-refractivity contribution in [2.75, 3.05) is 26.4 Å². The molecule has 0 spiro atoms. The molecule has 1 fully saturated rings. The molecule has 1 rings (SSSR count). The molecule has 0 aliphatic carbocycles. The fraction of sp³-hybridized carbons (Fsp3) is 1.00. The molecule has 0 aromatic heterocycles. The zero-order valence-corrected chi connectivity index (χ0v) is 10.7. The monoisotopic (exact) mass is 230 g/mol. The van der Waals surface area contributed by atoms with Gasteiger partial charge >= 0.3 is 0 Å². The maximum atomic E-state index is 9.52. The van der Waals surface area contributed by atoms with Crippen LogP contribution in [-0.2, 0) is 4.74 Å². The molecule has 3 atom stereocenters. The Labute approximate surface area is 98.8 Å². The second-order valence-corrected chi connectivity index (χ2v) is 5.21. The highest BCUT2D eigenvalue weighted by Gasteiger charge is 2.30. The summed E-state index contributed by atoms with van der Waals surface area (Å²) in [6.07, 6.45) is 0.954. The summed E-state index contributed by atoms with van der Waals surface area (Å²) < 4.78 is 5.40. The van der Waals surface area contributed by atoms with Crippen LogP contribution in [0.3, 0.4) is 0 Å². The Morgan fingerprint density at radius 3 is 2.69 bits per heavy atom. The van der Waals surface area contributed by atoms with Gasteiger partial charge in [0.1, 0.15) is 0 Å². The van der Waals surface area contributed by atoms with E-state index in [1.165, 1.54) is 0 Å². The topological polar surface area (TPSA) is 58.7 Å². The van der Waals surface area contributed by atoms with Crippen molar-refractivity contribution in [1.82, 2.24) is 4.90 Å². The summed E-state index contributed by atoms with van der Waals surface area (Å²) in [5.41, 5.74) is 6.18. The van der Waals surface area contributed by atoms with Crippen molar-refractivity contribution in [3.63, 3.8) is 0 Å². The quantitative estimate of drug-likeness (QED) is 0.719. The summed E-state index contributed by atoms with van der Waals surface area (Å²) in [7, 11) is 0.